The molecule has 0 unspecified atom stereocenters. The van der Waals surface area contributed by atoms with Crippen molar-refractivity contribution >= 4 is 60.8 Å². The van der Waals surface area contributed by atoms with Gasteiger partial charge in [0.2, 0.25) is 5.91 Å². The maximum atomic E-state index is 12.3. The molecule has 29 heavy (non-hydrogen) atoms. The number of aromatic nitrogens is 1. The minimum Gasteiger partial charge on any atom is -0.378 e. The molecule has 0 saturated heterocycles. The van der Waals surface area contributed by atoms with Gasteiger partial charge in [-0.1, -0.05) is 18.2 Å². The van der Waals surface area contributed by atoms with Crippen LogP contribution in [-0.2, 0) is 11.2 Å². The fourth-order valence-corrected chi connectivity index (χ4v) is 3.79. The Morgan fingerprint density at radius 3 is 2.38 bits per heavy atom. The minimum atomic E-state index is -0.304. The number of nitrogens with zero attached hydrogens (tertiary/aromatic N) is 1. The molecule has 152 valence electrons. The molecule has 2 rings (SSSR count). The van der Waals surface area contributed by atoms with Crippen LogP contribution in [-0.4, -0.2) is 31.3 Å². The van der Waals surface area contributed by atoms with Crippen LogP contribution >= 0.6 is 23.5 Å². The number of nitrogens with one attached hydrogen (secondary N) is 5. The summed E-state index contributed by atoms with van der Waals surface area (Å²) in [6, 6.07) is 9.33. The Morgan fingerprint density at radius 1 is 1.00 bits per heavy atom. The van der Waals surface area contributed by atoms with E-state index in [1.807, 2.05) is 30.3 Å². The van der Waals surface area contributed by atoms with Gasteiger partial charge in [0.25, 0.3) is 0 Å². The predicted molar refractivity (Wildman–Crippen MR) is 122 cm³/mol. The average Bonchev–Trinajstić information content (AvgIpc) is 2.64. The minimum absolute atomic E-state index is 0.0711. The average molecular weight is 430 g/mol. The lowest BCUT2D eigenvalue weighted by Crippen LogP contribution is -2.29. The first kappa shape index (κ1) is 22.6. The van der Waals surface area contributed by atoms with Gasteiger partial charge in [0, 0.05) is 11.6 Å². The van der Waals surface area contributed by atoms with Crippen molar-refractivity contribution in [3.05, 3.63) is 42.1 Å². The van der Waals surface area contributed by atoms with Crippen LogP contribution < -0.4 is 11.1 Å². The van der Waals surface area contributed by atoms with Crippen molar-refractivity contribution < 1.29 is 4.79 Å². The second-order valence-corrected chi connectivity index (χ2v) is 8.41. The highest BCUT2D eigenvalue weighted by Crippen LogP contribution is 2.17. The van der Waals surface area contributed by atoms with Crippen molar-refractivity contribution in [1.29, 1.82) is 21.6 Å². The number of nitrogens with two attached hydrogens (primary N) is 1. The lowest BCUT2D eigenvalue weighted by atomic mass is 10.1. The second kappa shape index (κ2) is 11.3. The van der Waals surface area contributed by atoms with Crippen molar-refractivity contribution in [2.75, 3.05) is 0 Å². The van der Waals surface area contributed by atoms with Gasteiger partial charge in [-0.3, -0.25) is 31.4 Å². The molecule has 0 aliphatic heterocycles. The molecule has 0 radical (unpaired) electrons. The molecule has 0 aliphatic rings. The van der Waals surface area contributed by atoms with Crippen LogP contribution in [0, 0.1) is 21.6 Å². The van der Waals surface area contributed by atoms with Gasteiger partial charge < -0.3 is 11.1 Å². The maximum Gasteiger partial charge on any atom is 0.230 e. The molecule has 7 N–H and O–H groups in total. The van der Waals surface area contributed by atoms with Crippen molar-refractivity contribution in [2.45, 2.75) is 32.1 Å². The summed E-state index contributed by atoms with van der Waals surface area (Å²) in [6.07, 6.45) is 4.21. The summed E-state index contributed by atoms with van der Waals surface area (Å²) in [4.78, 5) is 16.5. The van der Waals surface area contributed by atoms with Crippen molar-refractivity contribution in [3.8, 4) is 0 Å². The van der Waals surface area contributed by atoms with E-state index in [0.29, 0.717) is 30.7 Å². The Bertz CT molecular complexity index is 940. The van der Waals surface area contributed by atoms with Gasteiger partial charge in [-0.05, 0) is 66.9 Å². The number of hydrogen-bond donors (Lipinski definition) is 6. The normalized spacial score (nSPS) is 10.5. The van der Waals surface area contributed by atoms with E-state index in [4.69, 9.17) is 27.4 Å². The number of amides is 1. The highest BCUT2D eigenvalue weighted by molar-refractivity contribution is 8.26. The molecule has 0 bridgehead atoms. The Labute approximate surface area is 177 Å². The van der Waals surface area contributed by atoms with Gasteiger partial charge in [0.15, 0.2) is 10.3 Å². The molecule has 0 saturated carbocycles. The Kier molecular flexibility index (Phi) is 8.81. The highest BCUT2D eigenvalue weighted by Gasteiger charge is 2.11. The fourth-order valence-electron chi connectivity index (χ4n) is 2.62. The Morgan fingerprint density at radius 2 is 1.69 bits per heavy atom. The molecule has 0 fully saturated rings. The molecule has 0 aliphatic carbocycles. The molecule has 1 amide bonds. The van der Waals surface area contributed by atoms with Gasteiger partial charge in [0.05, 0.1) is 22.0 Å². The zero-order valence-electron chi connectivity index (χ0n) is 15.7. The smallest absolute Gasteiger partial charge is 0.230 e. The lowest BCUT2D eigenvalue weighted by Gasteiger charge is -2.09. The molecule has 0 atom stereocenters. The number of carbonyl (C=O) groups excluding carboxylic acids is 1. The first-order chi connectivity index (χ1) is 13.8. The number of rotatable bonds is 7. The van der Waals surface area contributed by atoms with E-state index in [1.54, 1.807) is 6.20 Å². The maximum absolute atomic E-state index is 12.3. The summed E-state index contributed by atoms with van der Waals surface area (Å²) in [5.41, 5.74) is 6.88. The molecule has 1 aromatic carbocycles. The molecular weight excluding hydrogens is 406 g/mol. The van der Waals surface area contributed by atoms with E-state index < -0.39 is 0 Å². The molecule has 1 heterocycles. The van der Waals surface area contributed by atoms with Crippen LogP contribution in [0.2, 0.25) is 0 Å². The molecule has 1 aromatic heterocycles. The molecule has 0 spiro atoms. The highest BCUT2D eigenvalue weighted by atomic mass is 32.2. The number of fused-ring (bicyclic) bond motifs is 1. The monoisotopic (exact) mass is 429 g/mol. The number of amidine groups is 2. The van der Waals surface area contributed by atoms with Gasteiger partial charge in [-0.2, -0.15) is 0 Å². The number of thioether (sulfide) groups is 2. The summed E-state index contributed by atoms with van der Waals surface area (Å²) in [5, 5.41) is 34.5. The number of hydrogen-bond acceptors (Lipinski definition) is 8. The van der Waals surface area contributed by atoms with Crippen LogP contribution in [0.1, 0.15) is 31.2 Å². The van der Waals surface area contributed by atoms with Crippen molar-refractivity contribution in [2.24, 2.45) is 5.73 Å². The summed E-state index contributed by atoms with van der Waals surface area (Å²) in [5.74, 6) is -0.304. The number of pyridine rings is 1. The summed E-state index contributed by atoms with van der Waals surface area (Å²) < 4.78 is 0. The Hall–Kier alpha value is -2.72. The first-order valence-corrected chi connectivity index (χ1v) is 10.5. The van der Waals surface area contributed by atoms with Gasteiger partial charge in [-0.15, -0.1) is 0 Å². The molecule has 2 aromatic rings. The zero-order valence-corrected chi connectivity index (χ0v) is 17.4. The quantitative estimate of drug-likeness (QED) is 0.224. The number of carbonyl (C=O) groups is 1. The van der Waals surface area contributed by atoms with E-state index >= 15 is 0 Å². The summed E-state index contributed by atoms with van der Waals surface area (Å²) >= 11 is 1.85. The largest absolute Gasteiger partial charge is 0.378 e. The third-order valence-corrected chi connectivity index (χ3v) is 5.28. The van der Waals surface area contributed by atoms with Crippen LogP contribution in [0.25, 0.3) is 10.9 Å². The van der Waals surface area contributed by atoms with Crippen LogP contribution in [0.3, 0.4) is 0 Å². The third kappa shape index (κ3) is 8.04. The third-order valence-electron chi connectivity index (χ3n) is 3.86. The number of benzene rings is 1. The van der Waals surface area contributed by atoms with Gasteiger partial charge in [-0.25, -0.2) is 0 Å². The first-order valence-electron chi connectivity index (χ1n) is 8.90. The summed E-state index contributed by atoms with van der Waals surface area (Å²) in [6.45, 7) is 0. The topological polar surface area (TPSA) is 163 Å². The van der Waals surface area contributed by atoms with E-state index in [0.717, 1.165) is 40.0 Å². The number of unbranched alkanes of at least 4 members (excludes halogenated alkanes) is 1. The SMILES string of the molecule is N=C(N)SC(=N)CCCCC(=N)SC(=N)NC(=O)Cc1cccc2ncccc12. The van der Waals surface area contributed by atoms with Crippen molar-refractivity contribution in [1.82, 2.24) is 10.3 Å². The van der Waals surface area contributed by atoms with Crippen LogP contribution in [0.4, 0.5) is 0 Å². The molecule has 8 nitrogen and oxygen atoms in total. The van der Waals surface area contributed by atoms with Gasteiger partial charge in [0.1, 0.15) is 0 Å². The van der Waals surface area contributed by atoms with E-state index in [1.165, 1.54) is 0 Å². The van der Waals surface area contributed by atoms with E-state index in [-0.39, 0.29) is 27.7 Å². The standard InChI is InChI=1S/C19H23N7OS2/c20-15(28-18(22)23)8-1-2-9-16(21)29-19(24)26-17(27)11-12-5-3-7-14-13(12)6-4-10-25-14/h3-7,10,20-21H,1-2,8-9,11H2,(H3,22,23)(H2,24,26,27). The molecular formula is C19H23N7OS2. The van der Waals surface area contributed by atoms with Crippen molar-refractivity contribution in [3.63, 3.8) is 0 Å². The zero-order chi connectivity index (χ0) is 21.2. The Balaban J connectivity index is 1.72. The molecule has 10 heteroatoms. The van der Waals surface area contributed by atoms with E-state index in [2.05, 4.69) is 10.3 Å². The van der Waals surface area contributed by atoms with Gasteiger partial charge >= 0.3 is 0 Å². The lowest BCUT2D eigenvalue weighted by molar-refractivity contribution is -0.118. The fraction of sp³-hybridized carbons (Fsp3) is 0.263. The summed E-state index contributed by atoms with van der Waals surface area (Å²) in [7, 11) is 0. The second-order valence-electron chi connectivity index (χ2n) is 6.16. The van der Waals surface area contributed by atoms with Crippen LogP contribution in [0.5, 0.6) is 0 Å². The van der Waals surface area contributed by atoms with Crippen LogP contribution in [0.15, 0.2) is 36.5 Å². The predicted octanol–water partition coefficient (Wildman–Crippen LogP) is 3.70. The van der Waals surface area contributed by atoms with E-state index in [9.17, 15) is 4.79 Å².